The standard InChI is InChI=1S/C46H26O2S/c1-2-13-27(14-3-1)42-37-25-36-28-15-8-10-23-38(28)47-39(36)26-40(37)48-45(42)44-32-19-6-4-17-30(32)43(31-18-5-7-20-33(31)44)35-22-12-21-34-29-16-9-11-24-41(29)49-46(34)35/h1-26H. The van der Waals surface area contributed by atoms with Gasteiger partial charge in [-0.05, 0) is 50.9 Å². The molecule has 0 spiro atoms. The Morgan fingerprint density at radius 3 is 1.69 bits per heavy atom. The third-order valence-electron chi connectivity index (χ3n) is 10.1. The summed E-state index contributed by atoms with van der Waals surface area (Å²) in [6, 6.07) is 56.4. The van der Waals surface area contributed by atoms with Crippen LogP contribution in [0.3, 0.4) is 0 Å². The Bertz CT molecular complexity index is 3050. The zero-order chi connectivity index (χ0) is 32.1. The highest BCUT2D eigenvalue weighted by Gasteiger charge is 2.25. The Kier molecular flexibility index (Phi) is 5.57. The number of hydrogen-bond donors (Lipinski definition) is 0. The van der Waals surface area contributed by atoms with Crippen molar-refractivity contribution < 1.29 is 8.83 Å². The van der Waals surface area contributed by atoms with Crippen molar-refractivity contribution in [2.75, 3.05) is 0 Å². The first-order valence-corrected chi connectivity index (χ1v) is 17.4. The lowest BCUT2D eigenvalue weighted by molar-refractivity contribution is 0.630. The molecular formula is C46H26O2S. The van der Waals surface area contributed by atoms with Crippen molar-refractivity contribution in [1.82, 2.24) is 0 Å². The predicted octanol–water partition coefficient (Wildman–Crippen LogP) is 14.0. The smallest absolute Gasteiger partial charge is 0.144 e. The summed E-state index contributed by atoms with van der Waals surface area (Å²) in [6.07, 6.45) is 0. The van der Waals surface area contributed by atoms with Crippen molar-refractivity contribution in [2.45, 2.75) is 0 Å². The quantitative estimate of drug-likeness (QED) is 0.179. The van der Waals surface area contributed by atoms with E-state index < -0.39 is 0 Å². The second kappa shape index (κ2) is 10.2. The molecule has 11 aromatic rings. The highest BCUT2D eigenvalue weighted by molar-refractivity contribution is 7.26. The van der Waals surface area contributed by atoms with Crippen molar-refractivity contribution >= 4 is 86.0 Å². The minimum Gasteiger partial charge on any atom is -0.456 e. The van der Waals surface area contributed by atoms with Crippen LogP contribution in [0.2, 0.25) is 0 Å². The molecule has 11 rings (SSSR count). The van der Waals surface area contributed by atoms with Gasteiger partial charge in [-0.1, -0.05) is 133 Å². The van der Waals surface area contributed by atoms with Gasteiger partial charge in [0, 0.05) is 59.1 Å². The second-order valence-electron chi connectivity index (χ2n) is 12.7. The summed E-state index contributed by atoms with van der Waals surface area (Å²) in [6.45, 7) is 0. The van der Waals surface area contributed by atoms with Crippen LogP contribution in [-0.4, -0.2) is 0 Å². The maximum absolute atomic E-state index is 7.06. The second-order valence-corrected chi connectivity index (χ2v) is 13.8. The fourth-order valence-corrected chi connectivity index (χ4v) is 9.21. The van der Waals surface area contributed by atoms with Crippen molar-refractivity contribution in [1.29, 1.82) is 0 Å². The normalized spacial score (nSPS) is 12.1. The van der Waals surface area contributed by atoms with Crippen LogP contribution in [0, 0.1) is 0 Å². The first-order valence-electron chi connectivity index (χ1n) is 16.6. The summed E-state index contributed by atoms with van der Waals surface area (Å²) in [5.41, 5.74) is 8.37. The van der Waals surface area contributed by atoms with E-state index in [4.69, 9.17) is 8.83 Å². The highest BCUT2D eigenvalue weighted by Crippen LogP contribution is 2.51. The molecule has 3 heteroatoms. The van der Waals surface area contributed by atoms with Crippen LogP contribution in [-0.2, 0) is 0 Å². The van der Waals surface area contributed by atoms with Gasteiger partial charge in [-0.3, -0.25) is 0 Å². The Hall–Kier alpha value is -6.16. The molecule has 3 heterocycles. The van der Waals surface area contributed by atoms with Gasteiger partial charge in [0.1, 0.15) is 22.5 Å². The fourth-order valence-electron chi connectivity index (χ4n) is 7.99. The number of furan rings is 2. The van der Waals surface area contributed by atoms with Crippen LogP contribution in [0.25, 0.3) is 108 Å². The van der Waals surface area contributed by atoms with E-state index in [0.717, 1.165) is 55.4 Å². The van der Waals surface area contributed by atoms with Gasteiger partial charge in [0.15, 0.2) is 0 Å². The van der Waals surface area contributed by atoms with Gasteiger partial charge >= 0.3 is 0 Å². The molecule has 228 valence electrons. The summed E-state index contributed by atoms with van der Waals surface area (Å²) in [5.74, 6) is 0.872. The van der Waals surface area contributed by atoms with Crippen LogP contribution < -0.4 is 0 Å². The van der Waals surface area contributed by atoms with Crippen LogP contribution in [0.15, 0.2) is 167 Å². The van der Waals surface area contributed by atoms with Crippen LogP contribution in [0.4, 0.5) is 0 Å². The van der Waals surface area contributed by atoms with E-state index in [1.807, 2.05) is 23.5 Å². The molecule has 0 unspecified atom stereocenters. The van der Waals surface area contributed by atoms with Crippen molar-refractivity contribution in [3.63, 3.8) is 0 Å². The Morgan fingerprint density at radius 2 is 0.939 bits per heavy atom. The van der Waals surface area contributed by atoms with Crippen LogP contribution >= 0.6 is 11.3 Å². The van der Waals surface area contributed by atoms with E-state index in [1.165, 1.54) is 52.8 Å². The molecule has 8 aromatic carbocycles. The van der Waals surface area contributed by atoms with Crippen molar-refractivity contribution in [3.05, 3.63) is 158 Å². The average Bonchev–Trinajstić information content (AvgIpc) is 3.84. The van der Waals surface area contributed by atoms with Gasteiger partial charge < -0.3 is 8.83 Å². The number of rotatable bonds is 3. The van der Waals surface area contributed by atoms with Gasteiger partial charge in [0.25, 0.3) is 0 Å². The molecular weight excluding hydrogens is 617 g/mol. The maximum atomic E-state index is 7.06. The van der Waals surface area contributed by atoms with Crippen LogP contribution in [0.1, 0.15) is 0 Å². The maximum Gasteiger partial charge on any atom is 0.144 e. The van der Waals surface area contributed by atoms with Gasteiger partial charge in [-0.15, -0.1) is 11.3 Å². The third-order valence-corrected chi connectivity index (χ3v) is 11.3. The minimum atomic E-state index is 0.813. The van der Waals surface area contributed by atoms with E-state index in [9.17, 15) is 0 Å². The monoisotopic (exact) mass is 642 g/mol. The topological polar surface area (TPSA) is 26.3 Å². The largest absolute Gasteiger partial charge is 0.456 e. The molecule has 0 N–H and O–H groups in total. The third kappa shape index (κ3) is 3.82. The molecule has 0 atom stereocenters. The summed E-state index contributed by atoms with van der Waals surface area (Å²) in [7, 11) is 0. The predicted molar refractivity (Wildman–Crippen MR) is 208 cm³/mol. The fraction of sp³-hybridized carbons (Fsp3) is 0. The molecule has 3 aromatic heterocycles. The van der Waals surface area contributed by atoms with Gasteiger partial charge in [0.05, 0.1) is 0 Å². The lowest BCUT2D eigenvalue weighted by Crippen LogP contribution is -1.91. The summed E-state index contributed by atoms with van der Waals surface area (Å²) in [4.78, 5) is 0. The molecule has 0 bridgehead atoms. The summed E-state index contributed by atoms with van der Waals surface area (Å²) < 4.78 is 16.0. The molecule has 0 aliphatic heterocycles. The molecule has 0 saturated heterocycles. The molecule has 2 nitrogen and oxygen atoms in total. The van der Waals surface area contributed by atoms with E-state index in [1.54, 1.807) is 0 Å². The van der Waals surface area contributed by atoms with E-state index in [0.29, 0.717) is 0 Å². The van der Waals surface area contributed by atoms with E-state index >= 15 is 0 Å². The summed E-state index contributed by atoms with van der Waals surface area (Å²) >= 11 is 1.88. The van der Waals surface area contributed by atoms with Gasteiger partial charge in [-0.2, -0.15) is 0 Å². The van der Waals surface area contributed by atoms with Crippen molar-refractivity contribution in [3.8, 4) is 33.6 Å². The molecule has 49 heavy (non-hydrogen) atoms. The Balaban J connectivity index is 1.29. The Labute approximate surface area is 285 Å². The number of fused-ring (bicyclic) bond motifs is 9. The molecule has 0 fully saturated rings. The lowest BCUT2D eigenvalue weighted by atomic mass is 9.86. The zero-order valence-electron chi connectivity index (χ0n) is 26.2. The average molecular weight is 643 g/mol. The minimum absolute atomic E-state index is 0.813. The Morgan fingerprint density at radius 1 is 0.347 bits per heavy atom. The first kappa shape index (κ1) is 26.9. The van der Waals surface area contributed by atoms with Gasteiger partial charge in [0.2, 0.25) is 0 Å². The molecule has 0 saturated carbocycles. The van der Waals surface area contributed by atoms with E-state index in [2.05, 4.69) is 146 Å². The van der Waals surface area contributed by atoms with Gasteiger partial charge in [-0.25, -0.2) is 0 Å². The highest BCUT2D eigenvalue weighted by atomic mass is 32.1. The molecule has 0 amide bonds. The van der Waals surface area contributed by atoms with E-state index in [-0.39, 0.29) is 0 Å². The lowest BCUT2D eigenvalue weighted by Gasteiger charge is -2.17. The molecule has 0 radical (unpaired) electrons. The number of thiophene rings is 1. The number of hydrogen-bond acceptors (Lipinski definition) is 3. The number of benzene rings is 8. The molecule has 0 aliphatic carbocycles. The van der Waals surface area contributed by atoms with Crippen LogP contribution in [0.5, 0.6) is 0 Å². The van der Waals surface area contributed by atoms with Crippen molar-refractivity contribution in [2.24, 2.45) is 0 Å². The first-order chi connectivity index (χ1) is 24.3. The zero-order valence-corrected chi connectivity index (χ0v) is 27.1. The summed E-state index contributed by atoms with van der Waals surface area (Å²) in [5, 5.41) is 10.6. The molecule has 0 aliphatic rings. The SMILES string of the molecule is c1ccc(-c2c(-c3c4ccccc4c(-c4cccc5c4sc4ccccc45)c4ccccc34)oc3cc4oc5ccccc5c4cc23)cc1. The number of para-hydroxylation sites is 1.